The second-order valence-electron chi connectivity index (χ2n) is 6.39. The third-order valence-electron chi connectivity index (χ3n) is 5.03. The van der Waals surface area contributed by atoms with E-state index in [-0.39, 0.29) is 18.0 Å². The van der Waals surface area contributed by atoms with Crippen molar-refractivity contribution in [3.63, 3.8) is 0 Å². The average molecular weight is 320 g/mol. The van der Waals surface area contributed by atoms with Gasteiger partial charge in [0.15, 0.2) is 6.23 Å². The predicted molar refractivity (Wildman–Crippen MR) is 95.2 cm³/mol. The van der Waals surface area contributed by atoms with Gasteiger partial charge < -0.3 is 10.0 Å². The van der Waals surface area contributed by atoms with Crippen LogP contribution in [0, 0.1) is 0 Å². The molecule has 0 radical (unpaired) electrons. The Morgan fingerprint density at radius 3 is 2.79 bits per heavy atom. The van der Waals surface area contributed by atoms with E-state index in [2.05, 4.69) is 11.6 Å². The Labute approximate surface area is 141 Å². The molecule has 0 saturated heterocycles. The molecule has 122 valence electrons. The molecule has 0 saturated carbocycles. The maximum atomic E-state index is 13.1. The molecule has 1 amide bonds. The molecule has 0 aromatic heterocycles. The molecule has 0 bridgehead atoms. The number of aliphatic hydroxyl groups is 1. The van der Waals surface area contributed by atoms with Crippen LogP contribution in [-0.4, -0.2) is 34.2 Å². The van der Waals surface area contributed by atoms with E-state index in [4.69, 9.17) is 0 Å². The number of aliphatic hydroxyl groups excluding tert-OH is 1. The van der Waals surface area contributed by atoms with Crippen molar-refractivity contribution in [3.05, 3.63) is 60.2 Å². The van der Waals surface area contributed by atoms with Gasteiger partial charge in [-0.3, -0.25) is 9.79 Å². The minimum Gasteiger partial charge on any atom is -0.369 e. The first-order valence-electron chi connectivity index (χ1n) is 8.39. The highest BCUT2D eigenvalue weighted by molar-refractivity contribution is 6.10. The number of benzene rings is 2. The van der Waals surface area contributed by atoms with Crippen LogP contribution in [0.1, 0.15) is 41.4 Å². The molecule has 3 unspecified atom stereocenters. The van der Waals surface area contributed by atoms with Crippen LogP contribution >= 0.6 is 0 Å². The topological polar surface area (TPSA) is 52.9 Å². The van der Waals surface area contributed by atoms with Crippen molar-refractivity contribution in [2.45, 2.75) is 37.6 Å². The monoisotopic (exact) mass is 320 g/mol. The summed E-state index contributed by atoms with van der Waals surface area (Å²) in [6, 6.07) is 11.1. The standard InChI is InChI=1S/C20H20N2O2/c1-2-17(16-11-3-4-12-21-16)22-19(23)14-9-5-7-13-8-6-10-15(18(13)14)20(22)24/h2,5-10,12,16-17,19,23H,1,3-4,11H2. The first-order valence-corrected chi connectivity index (χ1v) is 8.39. The molecule has 24 heavy (non-hydrogen) atoms. The van der Waals surface area contributed by atoms with Crippen LogP contribution in [0.15, 0.2) is 54.0 Å². The molecule has 4 rings (SSSR count). The number of nitrogens with zero attached hydrogens (tertiary/aromatic N) is 2. The highest BCUT2D eigenvalue weighted by Crippen LogP contribution is 2.38. The summed E-state index contributed by atoms with van der Waals surface area (Å²) >= 11 is 0. The minimum atomic E-state index is -0.976. The van der Waals surface area contributed by atoms with Crippen molar-refractivity contribution in [1.82, 2.24) is 4.90 Å². The van der Waals surface area contributed by atoms with Crippen LogP contribution in [0.2, 0.25) is 0 Å². The van der Waals surface area contributed by atoms with E-state index in [0.717, 1.165) is 35.6 Å². The zero-order chi connectivity index (χ0) is 16.7. The Hall–Kier alpha value is -2.46. The molecule has 4 heteroatoms. The number of carbonyl (C=O) groups is 1. The summed E-state index contributed by atoms with van der Waals surface area (Å²) in [5, 5.41) is 12.8. The molecule has 2 aromatic carbocycles. The van der Waals surface area contributed by atoms with Gasteiger partial charge in [-0.2, -0.15) is 0 Å². The maximum Gasteiger partial charge on any atom is 0.257 e. The van der Waals surface area contributed by atoms with Crippen LogP contribution in [-0.2, 0) is 0 Å². The molecular formula is C20H20N2O2. The van der Waals surface area contributed by atoms with Crippen molar-refractivity contribution < 1.29 is 9.90 Å². The number of amides is 1. The van der Waals surface area contributed by atoms with Crippen LogP contribution in [0.5, 0.6) is 0 Å². The molecular weight excluding hydrogens is 300 g/mol. The lowest BCUT2D eigenvalue weighted by atomic mass is 9.90. The molecule has 4 nitrogen and oxygen atoms in total. The Morgan fingerprint density at radius 2 is 2.08 bits per heavy atom. The van der Waals surface area contributed by atoms with E-state index in [1.807, 2.05) is 42.6 Å². The highest BCUT2D eigenvalue weighted by atomic mass is 16.3. The lowest BCUT2D eigenvalue weighted by Crippen LogP contribution is -2.49. The molecule has 2 aliphatic heterocycles. The van der Waals surface area contributed by atoms with Gasteiger partial charge in [0.25, 0.3) is 5.91 Å². The van der Waals surface area contributed by atoms with Crippen molar-refractivity contribution >= 4 is 22.9 Å². The fraction of sp³-hybridized carbons (Fsp3) is 0.300. The summed E-state index contributed by atoms with van der Waals surface area (Å²) in [4.78, 5) is 19.2. The molecule has 0 aliphatic carbocycles. The van der Waals surface area contributed by atoms with E-state index in [1.54, 1.807) is 6.08 Å². The van der Waals surface area contributed by atoms with Gasteiger partial charge in [0.1, 0.15) is 0 Å². The summed E-state index contributed by atoms with van der Waals surface area (Å²) in [5.74, 6) is -0.155. The fourth-order valence-electron chi connectivity index (χ4n) is 3.88. The first kappa shape index (κ1) is 15.1. The smallest absolute Gasteiger partial charge is 0.257 e. The van der Waals surface area contributed by atoms with Gasteiger partial charge in [-0.05, 0) is 36.9 Å². The zero-order valence-electron chi connectivity index (χ0n) is 13.4. The summed E-state index contributed by atoms with van der Waals surface area (Å²) in [6.07, 6.45) is 5.59. The molecule has 2 heterocycles. The van der Waals surface area contributed by atoms with Crippen molar-refractivity contribution in [2.24, 2.45) is 4.99 Å². The van der Waals surface area contributed by atoms with Crippen LogP contribution in [0.25, 0.3) is 10.8 Å². The minimum absolute atomic E-state index is 0.0423. The van der Waals surface area contributed by atoms with Crippen molar-refractivity contribution in [3.8, 4) is 0 Å². The predicted octanol–water partition coefficient (Wildman–Crippen LogP) is 3.46. The Kier molecular flexibility index (Phi) is 3.69. The molecule has 3 atom stereocenters. The Bertz CT molecular complexity index is 837. The third-order valence-corrected chi connectivity index (χ3v) is 5.03. The molecule has 1 N–H and O–H groups in total. The molecule has 2 aromatic rings. The van der Waals surface area contributed by atoms with Gasteiger partial charge in [-0.25, -0.2) is 0 Å². The van der Waals surface area contributed by atoms with E-state index in [0.29, 0.717) is 5.56 Å². The molecule has 0 fully saturated rings. The zero-order valence-corrected chi connectivity index (χ0v) is 13.4. The largest absolute Gasteiger partial charge is 0.369 e. The van der Waals surface area contributed by atoms with Gasteiger partial charge in [0.2, 0.25) is 0 Å². The number of rotatable bonds is 3. The van der Waals surface area contributed by atoms with Gasteiger partial charge in [-0.1, -0.05) is 36.4 Å². The summed E-state index contributed by atoms with van der Waals surface area (Å²) in [7, 11) is 0. The van der Waals surface area contributed by atoms with Crippen molar-refractivity contribution in [2.75, 3.05) is 0 Å². The fourth-order valence-corrected chi connectivity index (χ4v) is 3.88. The van der Waals surface area contributed by atoms with Gasteiger partial charge >= 0.3 is 0 Å². The normalized spacial score (nSPS) is 24.2. The average Bonchev–Trinajstić information content (AvgIpc) is 2.63. The number of aliphatic imine (C=N–C) groups is 1. The number of hydrogen-bond acceptors (Lipinski definition) is 3. The van der Waals surface area contributed by atoms with E-state index in [1.165, 1.54) is 4.90 Å². The van der Waals surface area contributed by atoms with Gasteiger partial charge in [0.05, 0.1) is 12.1 Å². The lowest BCUT2D eigenvalue weighted by molar-refractivity contribution is -0.0119. The second kappa shape index (κ2) is 5.87. The maximum absolute atomic E-state index is 13.1. The van der Waals surface area contributed by atoms with Crippen LogP contribution in [0.4, 0.5) is 0 Å². The third kappa shape index (κ3) is 2.18. The molecule has 0 spiro atoms. The van der Waals surface area contributed by atoms with E-state index in [9.17, 15) is 9.90 Å². The number of carbonyl (C=O) groups excluding carboxylic acids is 1. The second-order valence-corrected chi connectivity index (χ2v) is 6.39. The van der Waals surface area contributed by atoms with E-state index >= 15 is 0 Å². The summed E-state index contributed by atoms with van der Waals surface area (Å²) < 4.78 is 0. The van der Waals surface area contributed by atoms with Crippen molar-refractivity contribution in [1.29, 1.82) is 0 Å². The Morgan fingerprint density at radius 1 is 1.29 bits per heavy atom. The Balaban J connectivity index is 1.84. The summed E-state index contributed by atoms with van der Waals surface area (Å²) in [5.41, 5.74) is 1.41. The lowest BCUT2D eigenvalue weighted by Gasteiger charge is -2.40. The van der Waals surface area contributed by atoms with Gasteiger partial charge in [-0.15, -0.1) is 6.58 Å². The van der Waals surface area contributed by atoms with E-state index < -0.39 is 6.23 Å². The molecule has 2 aliphatic rings. The summed E-state index contributed by atoms with van der Waals surface area (Å²) in [6.45, 7) is 3.91. The van der Waals surface area contributed by atoms with Gasteiger partial charge in [0, 0.05) is 16.5 Å². The van der Waals surface area contributed by atoms with Crippen LogP contribution < -0.4 is 0 Å². The SMILES string of the molecule is C=CC(C1CCCC=N1)N1C(=O)c2cccc3cccc(c23)C1O. The van der Waals surface area contributed by atoms with Crippen LogP contribution in [0.3, 0.4) is 0 Å². The number of hydrogen-bond donors (Lipinski definition) is 1. The quantitative estimate of drug-likeness (QED) is 0.881. The highest BCUT2D eigenvalue weighted by Gasteiger charge is 2.39. The first-order chi connectivity index (χ1) is 11.7.